The quantitative estimate of drug-likeness (QED) is 0.722. The summed E-state index contributed by atoms with van der Waals surface area (Å²) in [6, 6.07) is 0. The van der Waals surface area contributed by atoms with Crippen molar-refractivity contribution in [3.05, 3.63) is 0 Å². The van der Waals surface area contributed by atoms with E-state index in [1.54, 1.807) is 0 Å². The van der Waals surface area contributed by atoms with E-state index in [0.29, 0.717) is 6.42 Å². The largest absolute Gasteiger partial charge is 0.481 e. The van der Waals surface area contributed by atoms with E-state index >= 15 is 0 Å². The van der Waals surface area contributed by atoms with Crippen molar-refractivity contribution < 1.29 is 9.90 Å². The summed E-state index contributed by atoms with van der Waals surface area (Å²) in [5, 5.41) is 16.5. The molecule has 0 aromatic carbocycles. The summed E-state index contributed by atoms with van der Waals surface area (Å²) in [6.07, 6.45) is 0.739. The molecule has 1 N–H and O–H groups in total. The zero-order chi connectivity index (χ0) is 10.1. The molecule has 1 aliphatic rings. The first-order valence-corrected chi connectivity index (χ1v) is 4.28. The molecule has 4 nitrogen and oxygen atoms in total. The maximum atomic E-state index is 10.4. The molecular weight excluding hydrogens is 168 g/mol. The van der Waals surface area contributed by atoms with Crippen LogP contribution in [0.1, 0.15) is 33.6 Å². The molecule has 0 fully saturated rings. The fraction of sp³-hybridized carbons (Fsp3) is 0.667. The Bertz CT molecular complexity index is 274. The lowest BCUT2D eigenvalue weighted by Gasteiger charge is -2.23. The summed E-state index contributed by atoms with van der Waals surface area (Å²) >= 11 is 0. The minimum absolute atomic E-state index is 0.163. The highest BCUT2D eigenvalue weighted by Gasteiger charge is 2.35. The highest BCUT2D eigenvalue weighted by atomic mass is 16.4. The number of hydrogen-bond donors (Lipinski definition) is 1. The van der Waals surface area contributed by atoms with Gasteiger partial charge in [0.15, 0.2) is 0 Å². The molecule has 0 aliphatic carbocycles. The van der Waals surface area contributed by atoms with Crippen LogP contribution in [0.3, 0.4) is 0 Å². The van der Waals surface area contributed by atoms with Gasteiger partial charge in [-0.2, -0.15) is 10.2 Å². The summed E-state index contributed by atoms with van der Waals surface area (Å²) in [6.45, 7) is 5.77. The van der Waals surface area contributed by atoms with E-state index in [2.05, 4.69) is 10.2 Å². The molecule has 0 spiro atoms. The second kappa shape index (κ2) is 3.28. The first-order chi connectivity index (χ1) is 5.97. The molecule has 0 radical (unpaired) electrons. The summed E-state index contributed by atoms with van der Waals surface area (Å²) in [4.78, 5) is 10.4. The molecule has 4 heteroatoms. The molecule has 0 aromatic rings. The minimum atomic E-state index is -0.770. The van der Waals surface area contributed by atoms with Gasteiger partial charge < -0.3 is 5.11 Å². The van der Waals surface area contributed by atoms with Gasteiger partial charge in [-0.25, -0.2) is 0 Å². The standard InChI is InChI=1S/C9H14N2O2/c1-6-9(3,5-4-8(12)13)7(2)11-10-6/h4-5H2,1-3H3,(H,12,13). The van der Waals surface area contributed by atoms with Crippen molar-refractivity contribution in [2.24, 2.45) is 15.6 Å². The Kier molecular flexibility index (Phi) is 2.50. The lowest BCUT2D eigenvalue weighted by Crippen LogP contribution is -2.30. The molecule has 1 rings (SSSR count). The van der Waals surface area contributed by atoms with Crippen molar-refractivity contribution in [3.8, 4) is 0 Å². The Hall–Kier alpha value is -1.19. The second-order valence-corrected chi connectivity index (χ2v) is 3.60. The molecule has 0 bridgehead atoms. The molecule has 0 atom stereocenters. The van der Waals surface area contributed by atoms with Gasteiger partial charge in [0, 0.05) is 23.3 Å². The third-order valence-corrected chi connectivity index (χ3v) is 2.79. The molecule has 1 heterocycles. The van der Waals surface area contributed by atoms with E-state index in [0.717, 1.165) is 11.4 Å². The van der Waals surface area contributed by atoms with Gasteiger partial charge in [-0.1, -0.05) is 0 Å². The second-order valence-electron chi connectivity index (χ2n) is 3.60. The summed E-state index contributed by atoms with van der Waals surface area (Å²) in [5.41, 5.74) is 1.58. The van der Waals surface area contributed by atoms with E-state index in [-0.39, 0.29) is 11.8 Å². The van der Waals surface area contributed by atoms with E-state index < -0.39 is 5.97 Å². The maximum Gasteiger partial charge on any atom is 0.303 e. The van der Waals surface area contributed by atoms with Gasteiger partial charge in [-0.3, -0.25) is 4.79 Å². The first kappa shape index (κ1) is 9.89. The van der Waals surface area contributed by atoms with Crippen molar-refractivity contribution in [3.63, 3.8) is 0 Å². The molecule has 0 saturated heterocycles. The normalized spacial score (nSPS) is 19.6. The molecule has 0 amide bonds. The lowest BCUT2D eigenvalue weighted by atomic mass is 9.78. The van der Waals surface area contributed by atoms with Gasteiger partial charge in [0.05, 0.1) is 0 Å². The maximum absolute atomic E-state index is 10.4. The number of carboxylic acid groups (broad SMARTS) is 1. The predicted molar refractivity (Wildman–Crippen MR) is 51.2 cm³/mol. The van der Waals surface area contributed by atoms with Gasteiger partial charge in [-0.15, -0.1) is 0 Å². The van der Waals surface area contributed by atoms with Crippen molar-refractivity contribution in [2.75, 3.05) is 0 Å². The molecule has 0 aromatic heterocycles. The Morgan fingerprint density at radius 1 is 1.38 bits per heavy atom. The van der Waals surface area contributed by atoms with Crippen molar-refractivity contribution in [1.29, 1.82) is 0 Å². The molecule has 0 saturated carbocycles. The van der Waals surface area contributed by atoms with Gasteiger partial charge in [-0.05, 0) is 27.2 Å². The van der Waals surface area contributed by atoms with E-state index in [1.165, 1.54) is 0 Å². The van der Waals surface area contributed by atoms with Crippen LogP contribution in [-0.4, -0.2) is 22.5 Å². The number of nitrogens with zero attached hydrogens (tertiary/aromatic N) is 2. The average molecular weight is 182 g/mol. The molecule has 1 aliphatic heterocycles. The van der Waals surface area contributed by atoms with Crippen LogP contribution in [0.5, 0.6) is 0 Å². The summed E-state index contributed by atoms with van der Waals surface area (Å²) < 4.78 is 0. The lowest BCUT2D eigenvalue weighted by molar-refractivity contribution is -0.137. The van der Waals surface area contributed by atoms with E-state index in [4.69, 9.17) is 5.11 Å². The Labute approximate surface area is 77.4 Å². The molecular formula is C9H14N2O2. The highest BCUT2D eigenvalue weighted by Crippen LogP contribution is 2.31. The molecule has 72 valence electrons. The van der Waals surface area contributed by atoms with Crippen LogP contribution in [0, 0.1) is 5.41 Å². The van der Waals surface area contributed by atoms with Crippen LogP contribution >= 0.6 is 0 Å². The number of aliphatic carboxylic acids is 1. The number of hydrogen-bond acceptors (Lipinski definition) is 3. The van der Waals surface area contributed by atoms with Crippen LogP contribution < -0.4 is 0 Å². The number of rotatable bonds is 3. The Balaban J connectivity index is 2.70. The van der Waals surface area contributed by atoms with Gasteiger partial charge in [0.2, 0.25) is 0 Å². The predicted octanol–water partition coefficient (Wildman–Crippen LogP) is 1.71. The Morgan fingerprint density at radius 2 is 1.85 bits per heavy atom. The topological polar surface area (TPSA) is 62.0 Å². The van der Waals surface area contributed by atoms with Crippen molar-refractivity contribution in [2.45, 2.75) is 33.6 Å². The smallest absolute Gasteiger partial charge is 0.303 e. The van der Waals surface area contributed by atoms with Crippen LogP contribution in [0.25, 0.3) is 0 Å². The SMILES string of the molecule is CC1=NN=C(C)C1(C)CCC(=O)O. The van der Waals surface area contributed by atoms with Crippen molar-refractivity contribution >= 4 is 17.4 Å². The number of carboxylic acids is 1. The summed E-state index contributed by atoms with van der Waals surface area (Å²) in [5.74, 6) is -0.770. The first-order valence-electron chi connectivity index (χ1n) is 4.28. The third-order valence-electron chi connectivity index (χ3n) is 2.79. The monoisotopic (exact) mass is 182 g/mol. The van der Waals surface area contributed by atoms with Gasteiger partial charge >= 0.3 is 5.97 Å². The molecule has 13 heavy (non-hydrogen) atoms. The van der Waals surface area contributed by atoms with Crippen LogP contribution in [0.15, 0.2) is 10.2 Å². The zero-order valence-corrected chi connectivity index (χ0v) is 8.16. The third kappa shape index (κ3) is 1.76. The van der Waals surface area contributed by atoms with Crippen molar-refractivity contribution in [1.82, 2.24) is 0 Å². The number of carbonyl (C=O) groups is 1. The highest BCUT2D eigenvalue weighted by molar-refractivity contribution is 6.12. The van der Waals surface area contributed by atoms with Gasteiger partial charge in [0.1, 0.15) is 0 Å². The average Bonchev–Trinajstić information content (AvgIpc) is 2.31. The van der Waals surface area contributed by atoms with Crippen LogP contribution in [0.4, 0.5) is 0 Å². The minimum Gasteiger partial charge on any atom is -0.481 e. The zero-order valence-electron chi connectivity index (χ0n) is 8.16. The fourth-order valence-electron chi connectivity index (χ4n) is 1.35. The van der Waals surface area contributed by atoms with Gasteiger partial charge in [0.25, 0.3) is 0 Å². The summed E-state index contributed by atoms with van der Waals surface area (Å²) in [7, 11) is 0. The fourth-order valence-corrected chi connectivity index (χ4v) is 1.35. The molecule has 0 unspecified atom stereocenters. The van der Waals surface area contributed by atoms with E-state index in [9.17, 15) is 4.79 Å². The Morgan fingerprint density at radius 3 is 2.23 bits per heavy atom. The van der Waals surface area contributed by atoms with Crippen LogP contribution in [0.2, 0.25) is 0 Å². The van der Waals surface area contributed by atoms with E-state index in [1.807, 2.05) is 20.8 Å². The van der Waals surface area contributed by atoms with Crippen LogP contribution in [-0.2, 0) is 4.79 Å².